The van der Waals surface area contributed by atoms with Gasteiger partial charge in [0.05, 0.1) is 17.8 Å². The van der Waals surface area contributed by atoms with Crippen LogP contribution in [0.4, 0.5) is 4.79 Å². The Balaban J connectivity index is 1.54. The zero-order valence-electron chi connectivity index (χ0n) is 14.2. The van der Waals surface area contributed by atoms with Gasteiger partial charge in [-0.05, 0) is 43.0 Å². The summed E-state index contributed by atoms with van der Waals surface area (Å²) in [5.74, 6) is -0.955. The number of likely N-dealkylation sites (tertiary alicyclic amines) is 1. The number of carboxylic acid groups (broad SMARTS) is 1. The van der Waals surface area contributed by atoms with E-state index < -0.39 is 5.97 Å². The third-order valence-electron chi connectivity index (χ3n) is 4.43. The molecule has 7 heteroatoms. The number of carboxylic acids is 1. The molecule has 1 saturated heterocycles. The third kappa shape index (κ3) is 4.17. The lowest BCUT2D eigenvalue weighted by atomic mass is 10.1. The Labute approximate surface area is 146 Å². The lowest BCUT2D eigenvalue weighted by Crippen LogP contribution is -2.45. The maximum Gasteiger partial charge on any atom is 0.335 e. The third-order valence-corrected chi connectivity index (χ3v) is 4.43. The zero-order chi connectivity index (χ0) is 17.8. The molecule has 0 spiro atoms. The second-order valence-corrected chi connectivity index (χ2v) is 6.40. The number of hydrogen-bond donors (Lipinski definition) is 2. The highest BCUT2D eigenvalue weighted by Gasteiger charge is 2.25. The number of aromatic nitrogens is 2. The van der Waals surface area contributed by atoms with Crippen LogP contribution in [0.3, 0.4) is 0 Å². The Morgan fingerprint density at radius 2 is 2.08 bits per heavy atom. The van der Waals surface area contributed by atoms with E-state index in [1.54, 1.807) is 24.3 Å². The molecule has 2 N–H and O–H groups in total. The Morgan fingerprint density at radius 1 is 1.32 bits per heavy atom. The van der Waals surface area contributed by atoms with Gasteiger partial charge in [-0.3, -0.25) is 4.68 Å². The van der Waals surface area contributed by atoms with E-state index in [0.29, 0.717) is 13.1 Å². The summed E-state index contributed by atoms with van der Waals surface area (Å²) in [6.45, 7) is 3.76. The first-order valence-corrected chi connectivity index (χ1v) is 8.38. The first kappa shape index (κ1) is 17.0. The van der Waals surface area contributed by atoms with Gasteiger partial charge in [-0.25, -0.2) is 9.59 Å². The number of urea groups is 1. The molecule has 132 valence electrons. The molecule has 2 heterocycles. The summed E-state index contributed by atoms with van der Waals surface area (Å²) in [6, 6.07) is 6.63. The molecule has 1 aliphatic heterocycles. The monoisotopic (exact) mass is 342 g/mol. The van der Waals surface area contributed by atoms with Crippen LogP contribution >= 0.6 is 0 Å². The maximum atomic E-state index is 12.4. The van der Waals surface area contributed by atoms with Crippen molar-refractivity contribution in [2.45, 2.75) is 32.4 Å². The molecule has 2 aromatic rings. The second kappa shape index (κ2) is 7.38. The summed E-state index contributed by atoms with van der Waals surface area (Å²) in [6.07, 6.45) is 5.81. The minimum atomic E-state index is -0.955. The van der Waals surface area contributed by atoms with Crippen molar-refractivity contribution in [3.05, 3.63) is 53.3 Å². The SMILES string of the molecule is Cc1cnn(C2CCCN(C(=O)NCc3ccc(C(=O)O)cc3)C2)c1. The van der Waals surface area contributed by atoms with Crippen molar-refractivity contribution in [1.82, 2.24) is 20.0 Å². The van der Waals surface area contributed by atoms with Gasteiger partial charge in [0.25, 0.3) is 0 Å². The van der Waals surface area contributed by atoms with E-state index in [2.05, 4.69) is 10.4 Å². The molecule has 0 saturated carbocycles. The Kier molecular flexibility index (Phi) is 5.02. The summed E-state index contributed by atoms with van der Waals surface area (Å²) >= 11 is 0. The van der Waals surface area contributed by atoms with Crippen LogP contribution in [0.25, 0.3) is 0 Å². The van der Waals surface area contributed by atoms with Crippen molar-refractivity contribution >= 4 is 12.0 Å². The Hall–Kier alpha value is -2.83. The van der Waals surface area contributed by atoms with Gasteiger partial charge < -0.3 is 15.3 Å². The summed E-state index contributed by atoms with van der Waals surface area (Å²) < 4.78 is 1.94. The van der Waals surface area contributed by atoms with E-state index >= 15 is 0 Å². The van der Waals surface area contributed by atoms with Crippen LogP contribution < -0.4 is 5.32 Å². The summed E-state index contributed by atoms with van der Waals surface area (Å²) in [7, 11) is 0. The number of nitrogens with zero attached hydrogens (tertiary/aromatic N) is 3. The van der Waals surface area contributed by atoms with Crippen LogP contribution in [0.5, 0.6) is 0 Å². The number of rotatable bonds is 4. The van der Waals surface area contributed by atoms with Gasteiger partial charge in [0.15, 0.2) is 0 Å². The molecule has 0 aliphatic carbocycles. The molecule has 0 radical (unpaired) electrons. The van der Waals surface area contributed by atoms with Crippen molar-refractivity contribution in [3.8, 4) is 0 Å². The fourth-order valence-electron chi connectivity index (χ4n) is 3.04. The molecule has 3 rings (SSSR count). The number of piperidine rings is 1. The van der Waals surface area contributed by atoms with Crippen LogP contribution in [-0.4, -0.2) is 44.9 Å². The number of aromatic carboxylic acids is 1. The molecule has 1 atom stereocenters. The molecule has 1 fully saturated rings. The Bertz CT molecular complexity index is 754. The molecule has 1 aromatic heterocycles. The molecule has 7 nitrogen and oxygen atoms in total. The van der Waals surface area contributed by atoms with E-state index in [9.17, 15) is 9.59 Å². The van der Waals surface area contributed by atoms with Crippen LogP contribution in [-0.2, 0) is 6.54 Å². The van der Waals surface area contributed by atoms with Gasteiger partial charge >= 0.3 is 12.0 Å². The lowest BCUT2D eigenvalue weighted by molar-refractivity contribution is 0.0697. The largest absolute Gasteiger partial charge is 0.478 e. The van der Waals surface area contributed by atoms with Crippen LogP contribution in [0.1, 0.15) is 40.4 Å². The first-order valence-electron chi connectivity index (χ1n) is 8.38. The topological polar surface area (TPSA) is 87.5 Å². The van der Waals surface area contributed by atoms with Crippen LogP contribution in [0, 0.1) is 6.92 Å². The van der Waals surface area contributed by atoms with Crippen molar-refractivity contribution in [2.24, 2.45) is 0 Å². The summed E-state index contributed by atoms with van der Waals surface area (Å²) in [5, 5.41) is 16.2. The average Bonchev–Trinajstić information content (AvgIpc) is 3.06. The first-order chi connectivity index (χ1) is 12.0. The van der Waals surface area contributed by atoms with E-state index in [-0.39, 0.29) is 17.6 Å². The molecule has 1 unspecified atom stereocenters. The maximum absolute atomic E-state index is 12.4. The minimum Gasteiger partial charge on any atom is -0.478 e. The van der Waals surface area contributed by atoms with Gasteiger partial charge in [0, 0.05) is 25.8 Å². The van der Waals surface area contributed by atoms with Crippen molar-refractivity contribution in [2.75, 3.05) is 13.1 Å². The van der Waals surface area contributed by atoms with E-state index in [1.807, 2.05) is 28.9 Å². The predicted octanol–water partition coefficient (Wildman–Crippen LogP) is 2.44. The van der Waals surface area contributed by atoms with E-state index in [0.717, 1.165) is 30.5 Å². The van der Waals surface area contributed by atoms with Crippen molar-refractivity contribution < 1.29 is 14.7 Å². The Morgan fingerprint density at radius 3 is 2.72 bits per heavy atom. The highest BCUT2D eigenvalue weighted by molar-refractivity contribution is 5.87. The fourth-order valence-corrected chi connectivity index (χ4v) is 3.04. The molecule has 2 amide bonds. The minimum absolute atomic E-state index is 0.101. The van der Waals surface area contributed by atoms with E-state index in [4.69, 9.17) is 5.11 Å². The predicted molar refractivity (Wildman–Crippen MR) is 92.4 cm³/mol. The number of carbonyl (C=O) groups excluding carboxylic acids is 1. The second-order valence-electron chi connectivity index (χ2n) is 6.40. The van der Waals surface area contributed by atoms with Crippen LogP contribution in [0.2, 0.25) is 0 Å². The van der Waals surface area contributed by atoms with Gasteiger partial charge in [-0.2, -0.15) is 5.10 Å². The molecule has 25 heavy (non-hydrogen) atoms. The molecular weight excluding hydrogens is 320 g/mol. The fraction of sp³-hybridized carbons (Fsp3) is 0.389. The smallest absolute Gasteiger partial charge is 0.335 e. The number of carbonyl (C=O) groups is 2. The van der Waals surface area contributed by atoms with E-state index in [1.165, 1.54) is 0 Å². The molecule has 1 aromatic carbocycles. The number of amides is 2. The molecule has 1 aliphatic rings. The number of aryl methyl sites for hydroxylation is 1. The normalized spacial score (nSPS) is 17.3. The highest BCUT2D eigenvalue weighted by Crippen LogP contribution is 2.21. The highest BCUT2D eigenvalue weighted by atomic mass is 16.4. The number of hydrogen-bond acceptors (Lipinski definition) is 3. The zero-order valence-corrected chi connectivity index (χ0v) is 14.2. The van der Waals surface area contributed by atoms with Gasteiger partial charge in [0.2, 0.25) is 0 Å². The molecule has 0 bridgehead atoms. The summed E-state index contributed by atoms with van der Waals surface area (Å²) in [4.78, 5) is 25.1. The standard InChI is InChI=1S/C18H22N4O3/c1-13-9-20-22(11-13)16-3-2-8-21(12-16)18(25)19-10-14-4-6-15(7-5-14)17(23)24/h4-7,9,11,16H,2-3,8,10,12H2,1H3,(H,19,25)(H,23,24). The average molecular weight is 342 g/mol. The lowest BCUT2D eigenvalue weighted by Gasteiger charge is -2.32. The van der Waals surface area contributed by atoms with Crippen LogP contribution in [0.15, 0.2) is 36.7 Å². The van der Waals surface area contributed by atoms with Gasteiger partial charge in [-0.15, -0.1) is 0 Å². The van der Waals surface area contributed by atoms with Gasteiger partial charge in [-0.1, -0.05) is 12.1 Å². The summed E-state index contributed by atoms with van der Waals surface area (Å²) in [5.41, 5.74) is 2.23. The number of nitrogens with one attached hydrogen (secondary N) is 1. The quantitative estimate of drug-likeness (QED) is 0.893. The van der Waals surface area contributed by atoms with Crippen molar-refractivity contribution in [1.29, 1.82) is 0 Å². The molecular formula is C18H22N4O3. The van der Waals surface area contributed by atoms with Gasteiger partial charge in [0.1, 0.15) is 0 Å². The van der Waals surface area contributed by atoms with Crippen molar-refractivity contribution in [3.63, 3.8) is 0 Å². The number of benzene rings is 1.